The smallest absolute Gasteiger partial charge is 0.234 e. The average molecular weight is 299 g/mol. The zero-order valence-electron chi connectivity index (χ0n) is 11.1. The topological polar surface area (TPSA) is 64.7 Å². The van der Waals surface area contributed by atoms with Gasteiger partial charge in [0.15, 0.2) is 0 Å². The first-order valence-electron chi connectivity index (χ1n) is 6.34. The minimum Gasteiger partial charge on any atom is -0.325 e. The van der Waals surface area contributed by atoms with Gasteiger partial charge in [-0.1, -0.05) is 30.0 Å². The maximum atomic E-state index is 11.9. The molecule has 0 radical (unpaired) electrons. The molecule has 3 aromatic rings. The van der Waals surface area contributed by atoms with Crippen LogP contribution in [0.4, 0.5) is 5.69 Å². The van der Waals surface area contributed by atoms with Gasteiger partial charge in [-0.25, -0.2) is 4.68 Å². The van der Waals surface area contributed by atoms with Crippen molar-refractivity contribution in [3.05, 3.63) is 61.2 Å². The summed E-state index contributed by atoms with van der Waals surface area (Å²) in [4.78, 5) is 11.9. The molecular weight excluding hydrogens is 286 g/mol. The monoisotopic (exact) mass is 299 g/mol. The number of carbonyl (C=O) groups is 1. The van der Waals surface area contributed by atoms with Gasteiger partial charge in [0.1, 0.15) is 6.33 Å². The van der Waals surface area contributed by atoms with Gasteiger partial charge in [-0.05, 0) is 24.3 Å². The SMILES string of the molecule is O=C(CSc1nncn1-n1cccc1)Nc1ccccc1. The Morgan fingerprint density at radius 1 is 1.14 bits per heavy atom. The number of amides is 1. The van der Waals surface area contributed by atoms with Gasteiger partial charge in [-0.15, -0.1) is 10.2 Å². The van der Waals surface area contributed by atoms with Crippen molar-refractivity contribution in [1.29, 1.82) is 0 Å². The molecule has 0 saturated carbocycles. The summed E-state index contributed by atoms with van der Waals surface area (Å²) in [6.07, 6.45) is 5.38. The minimum absolute atomic E-state index is 0.0757. The highest BCUT2D eigenvalue weighted by molar-refractivity contribution is 7.99. The summed E-state index contributed by atoms with van der Waals surface area (Å²) in [5.41, 5.74) is 0.787. The molecule has 0 aliphatic carbocycles. The maximum absolute atomic E-state index is 11.9. The maximum Gasteiger partial charge on any atom is 0.234 e. The number of hydrogen-bond acceptors (Lipinski definition) is 4. The first-order valence-corrected chi connectivity index (χ1v) is 7.33. The van der Waals surface area contributed by atoms with Crippen LogP contribution in [0.1, 0.15) is 0 Å². The van der Waals surface area contributed by atoms with Crippen LogP contribution in [0.5, 0.6) is 0 Å². The van der Waals surface area contributed by atoms with E-state index in [0.29, 0.717) is 5.16 Å². The van der Waals surface area contributed by atoms with Gasteiger partial charge < -0.3 is 5.32 Å². The van der Waals surface area contributed by atoms with Gasteiger partial charge in [-0.2, -0.15) is 0 Å². The Morgan fingerprint density at radius 3 is 2.67 bits per heavy atom. The first kappa shape index (κ1) is 13.4. The fourth-order valence-corrected chi connectivity index (χ4v) is 2.50. The second kappa shape index (κ2) is 6.27. The molecular formula is C14H13N5OS. The van der Waals surface area contributed by atoms with Gasteiger partial charge in [0.2, 0.25) is 11.1 Å². The summed E-state index contributed by atoms with van der Waals surface area (Å²) in [6, 6.07) is 13.2. The van der Waals surface area contributed by atoms with Crippen LogP contribution in [0.2, 0.25) is 0 Å². The number of nitrogens with one attached hydrogen (secondary N) is 1. The average Bonchev–Trinajstić information content (AvgIpc) is 3.17. The Hall–Kier alpha value is -2.54. The molecule has 7 heteroatoms. The Kier molecular flexibility index (Phi) is 4.02. The van der Waals surface area contributed by atoms with Crippen LogP contribution in [0, 0.1) is 0 Å². The van der Waals surface area contributed by atoms with Crippen molar-refractivity contribution in [3.63, 3.8) is 0 Å². The van der Waals surface area contributed by atoms with Crippen molar-refractivity contribution in [2.75, 3.05) is 11.1 Å². The number of thioether (sulfide) groups is 1. The van der Waals surface area contributed by atoms with Crippen molar-refractivity contribution in [3.8, 4) is 0 Å². The molecule has 0 bridgehead atoms. The lowest BCUT2D eigenvalue weighted by atomic mass is 10.3. The van der Waals surface area contributed by atoms with Crippen LogP contribution in [-0.4, -0.2) is 31.2 Å². The molecule has 3 rings (SSSR count). The quantitative estimate of drug-likeness (QED) is 0.733. The van der Waals surface area contributed by atoms with Gasteiger partial charge >= 0.3 is 0 Å². The van der Waals surface area contributed by atoms with Crippen molar-refractivity contribution in [2.24, 2.45) is 0 Å². The fraction of sp³-hybridized carbons (Fsp3) is 0.0714. The van der Waals surface area contributed by atoms with Gasteiger partial charge in [-0.3, -0.25) is 9.47 Å². The molecule has 0 atom stereocenters. The molecule has 1 aromatic carbocycles. The van der Waals surface area contributed by atoms with Crippen LogP contribution in [0.3, 0.4) is 0 Å². The minimum atomic E-state index is -0.0757. The van der Waals surface area contributed by atoms with E-state index >= 15 is 0 Å². The number of benzene rings is 1. The predicted octanol–water partition coefficient (Wildman–Crippen LogP) is 2.12. The zero-order chi connectivity index (χ0) is 14.5. The van der Waals surface area contributed by atoms with Crippen LogP contribution >= 0.6 is 11.8 Å². The lowest BCUT2D eigenvalue weighted by Crippen LogP contribution is -2.15. The number of nitrogens with zero attached hydrogens (tertiary/aromatic N) is 4. The third kappa shape index (κ3) is 3.32. The number of rotatable bonds is 5. The van der Waals surface area contributed by atoms with Gasteiger partial charge in [0, 0.05) is 18.1 Å². The molecule has 2 aromatic heterocycles. The number of anilines is 1. The molecule has 0 unspecified atom stereocenters. The molecule has 1 N–H and O–H groups in total. The van der Waals surface area contributed by atoms with E-state index in [1.165, 1.54) is 11.8 Å². The summed E-state index contributed by atoms with van der Waals surface area (Å²) < 4.78 is 3.62. The summed E-state index contributed by atoms with van der Waals surface area (Å²) in [6.45, 7) is 0. The standard InChI is InChI=1S/C14H13N5OS/c20-13(16-12-6-2-1-3-7-12)10-21-14-17-15-11-19(14)18-8-4-5-9-18/h1-9,11H,10H2,(H,16,20). The van der Waals surface area contributed by atoms with E-state index in [9.17, 15) is 4.79 Å². The Bertz CT molecular complexity index is 708. The lowest BCUT2D eigenvalue weighted by molar-refractivity contribution is -0.113. The van der Waals surface area contributed by atoms with Crippen LogP contribution in [0.25, 0.3) is 0 Å². The Labute approximate surface area is 125 Å². The summed E-state index contributed by atoms with van der Waals surface area (Å²) >= 11 is 1.34. The van der Waals surface area contributed by atoms with Gasteiger partial charge in [0.25, 0.3) is 0 Å². The Balaban J connectivity index is 1.61. The summed E-state index contributed by atoms with van der Waals surface area (Å²) in [5, 5.41) is 11.4. The lowest BCUT2D eigenvalue weighted by Gasteiger charge is -2.07. The molecule has 0 fully saturated rings. The van der Waals surface area contributed by atoms with E-state index in [1.54, 1.807) is 11.0 Å². The van der Waals surface area contributed by atoms with E-state index in [4.69, 9.17) is 0 Å². The number of aromatic nitrogens is 4. The number of hydrogen-bond donors (Lipinski definition) is 1. The molecule has 2 heterocycles. The zero-order valence-corrected chi connectivity index (χ0v) is 11.9. The third-order valence-electron chi connectivity index (χ3n) is 2.73. The van der Waals surface area contributed by atoms with Crippen molar-refractivity contribution < 1.29 is 4.79 Å². The highest BCUT2D eigenvalue weighted by Crippen LogP contribution is 2.15. The van der Waals surface area contributed by atoms with E-state index in [0.717, 1.165) is 5.69 Å². The van der Waals surface area contributed by atoms with Crippen LogP contribution < -0.4 is 5.32 Å². The second-order valence-electron chi connectivity index (χ2n) is 4.22. The largest absolute Gasteiger partial charge is 0.325 e. The van der Waals surface area contributed by atoms with Crippen molar-refractivity contribution in [2.45, 2.75) is 5.16 Å². The molecule has 106 valence electrons. The Morgan fingerprint density at radius 2 is 1.90 bits per heavy atom. The predicted molar refractivity (Wildman–Crippen MR) is 81.0 cm³/mol. The van der Waals surface area contributed by atoms with Crippen molar-refractivity contribution in [1.82, 2.24) is 19.5 Å². The van der Waals surface area contributed by atoms with Crippen LogP contribution in [-0.2, 0) is 4.79 Å². The normalized spacial score (nSPS) is 10.5. The number of carbonyl (C=O) groups excluding carboxylic acids is 1. The molecule has 0 spiro atoms. The van der Waals surface area contributed by atoms with E-state index < -0.39 is 0 Å². The summed E-state index contributed by atoms with van der Waals surface area (Å²) in [5.74, 6) is 0.197. The van der Waals surface area contributed by atoms with Crippen molar-refractivity contribution >= 4 is 23.4 Å². The molecule has 0 aliphatic rings. The van der Waals surface area contributed by atoms with Gasteiger partial charge in [0.05, 0.1) is 5.75 Å². The molecule has 21 heavy (non-hydrogen) atoms. The van der Waals surface area contributed by atoms with E-state index in [1.807, 2.05) is 59.5 Å². The van der Waals surface area contributed by atoms with Crippen LogP contribution in [0.15, 0.2) is 66.3 Å². The molecule has 0 aliphatic heterocycles. The number of para-hydroxylation sites is 1. The third-order valence-corrected chi connectivity index (χ3v) is 3.66. The van der Waals surface area contributed by atoms with E-state index in [-0.39, 0.29) is 11.7 Å². The summed E-state index contributed by atoms with van der Waals surface area (Å²) in [7, 11) is 0. The first-order chi connectivity index (χ1) is 10.3. The highest BCUT2D eigenvalue weighted by atomic mass is 32.2. The molecule has 1 amide bonds. The second-order valence-corrected chi connectivity index (χ2v) is 5.17. The molecule has 6 nitrogen and oxygen atoms in total. The van der Waals surface area contributed by atoms with E-state index in [2.05, 4.69) is 15.5 Å². The molecule has 0 saturated heterocycles. The fourth-order valence-electron chi connectivity index (χ4n) is 1.79. The highest BCUT2D eigenvalue weighted by Gasteiger charge is 2.09.